The molecule has 1 N–H and O–H groups in total. The summed E-state index contributed by atoms with van der Waals surface area (Å²) in [6, 6.07) is 8.69. The molecule has 3 rings (SSSR count). The normalized spacial score (nSPS) is 15.6. The molecule has 0 aliphatic heterocycles. The molecule has 0 bridgehead atoms. The highest BCUT2D eigenvalue weighted by Crippen LogP contribution is 2.28. The quantitative estimate of drug-likeness (QED) is 0.750. The van der Waals surface area contributed by atoms with Crippen molar-refractivity contribution in [3.8, 4) is 0 Å². The molecule has 1 aliphatic rings. The van der Waals surface area contributed by atoms with E-state index in [0.717, 1.165) is 11.5 Å². The van der Waals surface area contributed by atoms with Crippen LogP contribution in [0.4, 0.5) is 0 Å². The van der Waals surface area contributed by atoms with Crippen LogP contribution in [0.25, 0.3) is 0 Å². The van der Waals surface area contributed by atoms with Gasteiger partial charge in [0.05, 0.1) is 12.8 Å². The third-order valence-electron chi connectivity index (χ3n) is 3.91. The molecule has 0 spiro atoms. The number of nitrogens with zero attached hydrogens (tertiary/aromatic N) is 3. The molecular weight excluding hydrogens is 332 g/mol. The van der Waals surface area contributed by atoms with Gasteiger partial charge in [0.15, 0.2) is 0 Å². The van der Waals surface area contributed by atoms with E-state index in [-0.39, 0.29) is 12.5 Å². The third kappa shape index (κ3) is 4.68. The van der Waals surface area contributed by atoms with Gasteiger partial charge in [0.2, 0.25) is 5.91 Å². The highest BCUT2D eigenvalue weighted by molar-refractivity contribution is 5.84. The maximum absolute atomic E-state index is 12.3. The van der Waals surface area contributed by atoms with Crippen molar-refractivity contribution in [1.29, 1.82) is 0 Å². The fourth-order valence-electron chi connectivity index (χ4n) is 2.63. The van der Waals surface area contributed by atoms with Gasteiger partial charge in [0, 0.05) is 18.5 Å². The SMILES string of the molecule is COC(=O)[C@H](Cc1ccccc1)NC(=O)Cn1cc([C]2[CH][CH][CH][CH]2)nn1. The zero-order valence-corrected chi connectivity index (χ0v) is 14.3. The zero-order chi connectivity index (χ0) is 18.4. The minimum absolute atomic E-state index is 0.0318. The Bertz CT molecular complexity index is 738. The third-order valence-corrected chi connectivity index (χ3v) is 3.91. The highest BCUT2D eigenvalue weighted by Gasteiger charge is 2.24. The first-order valence-corrected chi connectivity index (χ1v) is 8.19. The maximum atomic E-state index is 12.3. The Kier molecular flexibility index (Phi) is 5.99. The Morgan fingerprint density at radius 1 is 1.19 bits per heavy atom. The van der Waals surface area contributed by atoms with Gasteiger partial charge in [0.1, 0.15) is 12.6 Å². The lowest BCUT2D eigenvalue weighted by atomic mass is 10.1. The van der Waals surface area contributed by atoms with E-state index in [1.165, 1.54) is 11.8 Å². The lowest BCUT2D eigenvalue weighted by molar-refractivity contribution is -0.145. The summed E-state index contributed by atoms with van der Waals surface area (Å²) < 4.78 is 6.24. The second-order valence-corrected chi connectivity index (χ2v) is 5.81. The summed E-state index contributed by atoms with van der Waals surface area (Å²) in [5, 5.41) is 10.7. The molecule has 7 nitrogen and oxygen atoms in total. The first-order chi connectivity index (χ1) is 12.7. The fraction of sp³-hybridized carbons (Fsp3) is 0.211. The molecule has 0 unspecified atom stereocenters. The molecule has 5 radical (unpaired) electrons. The van der Waals surface area contributed by atoms with Crippen molar-refractivity contribution in [1.82, 2.24) is 20.3 Å². The van der Waals surface area contributed by atoms with E-state index in [0.29, 0.717) is 12.1 Å². The number of carbonyl (C=O) groups is 2. The Hall–Kier alpha value is -2.70. The van der Waals surface area contributed by atoms with Crippen molar-refractivity contribution in [3.63, 3.8) is 0 Å². The van der Waals surface area contributed by atoms with Crippen LogP contribution < -0.4 is 5.32 Å². The van der Waals surface area contributed by atoms with Crippen LogP contribution in [-0.4, -0.2) is 40.0 Å². The van der Waals surface area contributed by atoms with E-state index in [1.807, 2.05) is 56.0 Å². The number of ether oxygens (including phenoxy) is 1. The van der Waals surface area contributed by atoms with Gasteiger partial charge in [-0.15, -0.1) is 5.10 Å². The number of hydrogen-bond donors (Lipinski definition) is 1. The number of carbonyl (C=O) groups excluding carboxylic acids is 2. The van der Waals surface area contributed by atoms with Gasteiger partial charge >= 0.3 is 5.97 Å². The smallest absolute Gasteiger partial charge is 0.328 e. The zero-order valence-electron chi connectivity index (χ0n) is 14.3. The van der Waals surface area contributed by atoms with E-state index in [2.05, 4.69) is 15.6 Å². The van der Waals surface area contributed by atoms with E-state index < -0.39 is 12.0 Å². The van der Waals surface area contributed by atoms with Gasteiger partial charge in [-0.05, 0) is 31.2 Å². The molecule has 1 aromatic heterocycles. The van der Waals surface area contributed by atoms with Crippen LogP contribution in [0, 0.1) is 31.6 Å². The van der Waals surface area contributed by atoms with E-state index in [9.17, 15) is 9.59 Å². The van der Waals surface area contributed by atoms with Gasteiger partial charge < -0.3 is 10.1 Å². The van der Waals surface area contributed by atoms with Gasteiger partial charge in [-0.25, -0.2) is 9.48 Å². The molecule has 1 aliphatic carbocycles. The van der Waals surface area contributed by atoms with Gasteiger partial charge in [-0.1, -0.05) is 35.5 Å². The van der Waals surface area contributed by atoms with Crippen molar-refractivity contribution in [2.75, 3.05) is 7.11 Å². The second kappa shape index (κ2) is 8.60. The average molecular weight is 351 g/mol. The molecule has 7 heteroatoms. The summed E-state index contributed by atoms with van der Waals surface area (Å²) in [4.78, 5) is 24.3. The predicted octanol–water partition coefficient (Wildman–Crippen LogP) is 0.932. The standard InChI is InChI=1S/C19H19N4O3/c1-26-19(25)16(11-14-7-3-2-4-8-14)20-18(24)13-23-12-17(21-22-23)15-9-5-6-10-15/h2-10,12,16H,11,13H2,1H3,(H,20,24)/t16-/m0/s1. The largest absolute Gasteiger partial charge is 0.467 e. The molecule has 26 heavy (non-hydrogen) atoms. The number of rotatable bonds is 7. The van der Waals surface area contributed by atoms with Crippen molar-refractivity contribution in [2.24, 2.45) is 0 Å². The second-order valence-electron chi connectivity index (χ2n) is 5.81. The van der Waals surface area contributed by atoms with Gasteiger partial charge in [-0.2, -0.15) is 0 Å². The Morgan fingerprint density at radius 3 is 2.62 bits per heavy atom. The summed E-state index contributed by atoms with van der Waals surface area (Å²) in [6.07, 6.45) is 9.70. The first kappa shape index (κ1) is 18.1. The number of amides is 1. The number of hydrogen-bond acceptors (Lipinski definition) is 5. The fourth-order valence-corrected chi connectivity index (χ4v) is 2.63. The summed E-state index contributed by atoms with van der Waals surface area (Å²) >= 11 is 0. The van der Waals surface area contributed by atoms with E-state index >= 15 is 0 Å². The molecule has 1 aromatic carbocycles. The summed E-state index contributed by atoms with van der Waals surface area (Å²) in [5.41, 5.74) is 1.62. The molecular formula is C19H19N4O3. The Balaban J connectivity index is 1.59. The predicted molar refractivity (Wildman–Crippen MR) is 93.7 cm³/mol. The van der Waals surface area contributed by atoms with Crippen molar-refractivity contribution in [2.45, 2.75) is 19.0 Å². The Labute approximate surface area is 152 Å². The minimum atomic E-state index is -0.757. The number of nitrogens with one attached hydrogen (secondary N) is 1. The van der Waals surface area contributed by atoms with Crippen molar-refractivity contribution in [3.05, 3.63) is 79.4 Å². The monoisotopic (exact) mass is 351 g/mol. The minimum Gasteiger partial charge on any atom is -0.467 e. The molecule has 1 atom stereocenters. The van der Waals surface area contributed by atoms with Gasteiger partial charge in [-0.3, -0.25) is 4.79 Å². The first-order valence-electron chi connectivity index (χ1n) is 8.19. The Morgan fingerprint density at radius 2 is 1.92 bits per heavy atom. The van der Waals surface area contributed by atoms with Crippen molar-refractivity contribution < 1.29 is 14.3 Å². The van der Waals surface area contributed by atoms with Gasteiger partial charge in [0.25, 0.3) is 0 Å². The molecule has 1 heterocycles. The average Bonchev–Trinajstić information content (AvgIpc) is 3.33. The van der Waals surface area contributed by atoms with Crippen LogP contribution in [0.5, 0.6) is 0 Å². The number of benzene rings is 1. The summed E-state index contributed by atoms with van der Waals surface area (Å²) in [7, 11) is 1.30. The number of methoxy groups -OCH3 is 1. The topological polar surface area (TPSA) is 86.1 Å². The van der Waals surface area contributed by atoms with Crippen molar-refractivity contribution >= 4 is 11.9 Å². The van der Waals surface area contributed by atoms with Crippen LogP contribution in [0.2, 0.25) is 0 Å². The van der Waals surface area contributed by atoms with Crippen LogP contribution in [0.3, 0.4) is 0 Å². The van der Waals surface area contributed by atoms with Crippen LogP contribution >= 0.6 is 0 Å². The lowest BCUT2D eigenvalue weighted by Crippen LogP contribution is -2.44. The highest BCUT2D eigenvalue weighted by atomic mass is 16.5. The summed E-state index contributed by atoms with van der Waals surface area (Å²) in [5.74, 6) is 0.113. The molecule has 0 saturated heterocycles. The molecule has 2 aromatic rings. The lowest BCUT2D eigenvalue weighted by Gasteiger charge is -2.16. The summed E-state index contributed by atoms with van der Waals surface area (Å²) in [6.45, 7) is -0.0318. The number of esters is 1. The van der Waals surface area contributed by atoms with Crippen LogP contribution in [-0.2, 0) is 27.3 Å². The maximum Gasteiger partial charge on any atom is 0.328 e. The number of aromatic nitrogens is 3. The molecule has 1 saturated carbocycles. The van der Waals surface area contributed by atoms with Crippen LogP contribution in [0.15, 0.2) is 36.5 Å². The molecule has 1 fully saturated rings. The molecule has 133 valence electrons. The van der Waals surface area contributed by atoms with E-state index in [1.54, 1.807) is 6.20 Å². The molecule has 1 amide bonds. The van der Waals surface area contributed by atoms with Crippen LogP contribution in [0.1, 0.15) is 11.3 Å². The van der Waals surface area contributed by atoms with E-state index in [4.69, 9.17) is 4.74 Å².